The molecule has 0 radical (unpaired) electrons. The fourth-order valence-electron chi connectivity index (χ4n) is 3.86. The second-order valence-electron chi connectivity index (χ2n) is 7.89. The SMILES string of the molecule is COc1cc(CCc2ccc(NC(=O)C3CS(=O)(=O)c4ccccc4C3=O)cc2)ccc1O. The van der Waals surface area contributed by atoms with E-state index in [1.807, 2.05) is 18.2 Å². The molecule has 33 heavy (non-hydrogen) atoms. The number of carbonyl (C=O) groups is 2. The van der Waals surface area contributed by atoms with Gasteiger partial charge in [0.1, 0.15) is 5.92 Å². The number of aromatic hydroxyl groups is 1. The minimum Gasteiger partial charge on any atom is -0.504 e. The summed E-state index contributed by atoms with van der Waals surface area (Å²) in [5, 5.41) is 12.4. The Balaban J connectivity index is 1.41. The van der Waals surface area contributed by atoms with Gasteiger partial charge in [0.25, 0.3) is 0 Å². The average molecular weight is 466 g/mol. The number of fused-ring (bicyclic) bond motifs is 1. The van der Waals surface area contributed by atoms with Gasteiger partial charge in [-0.15, -0.1) is 0 Å². The lowest BCUT2D eigenvalue weighted by Gasteiger charge is -2.22. The van der Waals surface area contributed by atoms with E-state index in [1.54, 1.807) is 36.4 Å². The van der Waals surface area contributed by atoms with Gasteiger partial charge in [-0.1, -0.05) is 36.4 Å². The van der Waals surface area contributed by atoms with E-state index in [4.69, 9.17) is 4.74 Å². The third-order valence-electron chi connectivity index (χ3n) is 5.67. The van der Waals surface area contributed by atoms with Gasteiger partial charge in [0.05, 0.1) is 17.8 Å². The molecule has 7 nitrogen and oxygen atoms in total. The number of hydrogen-bond donors (Lipinski definition) is 2. The van der Waals surface area contributed by atoms with Crippen LogP contribution in [0.15, 0.2) is 71.6 Å². The molecule has 0 fully saturated rings. The lowest BCUT2D eigenvalue weighted by atomic mass is 9.97. The molecular weight excluding hydrogens is 442 g/mol. The molecule has 0 saturated heterocycles. The first-order valence-electron chi connectivity index (χ1n) is 10.4. The lowest BCUT2D eigenvalue weighted by molar-refractivity contribution is -0.118. The number of methoxy groups -OCH3 is 1. The van der Waals surface area contributed by atoms with Crippen molar-refractivity contribution in [1.29, 1.82) is 0 Å². The van der Waals surface area contributed by atoms with Crippen molar-refractivity contribution in [2.45, 2.75) is 17.7 Å². The highest BCUT2D eigenvalue weighted by atomic mass is 32.2. The molecule has 1 atom stereocenters. The number of benzene rings is 3. The Morgan fingerprint density at radius 2 is 1.70 bits per heavy atom. The number of Topliss-reactive ketones (excluding diaryl/α,β-unsaturated/α-hetero) is 1. The van der Waals surface area contributed by atoms with Crippen LogP contribution < -0.4 is 10.1 Å². The van der Waals surface area contributed by atoms with Crippen LogP contribution in [0.25, 0.3) is 0 Å². The maximum absolute atomic E-state index is 12.7. The molecule has 1 unspecified atom stereocenters. The van der Waals surface area contributed by atoms with Crippen molar-refractivity contribution in [2.24, 2.45) is 5.92 Å². The Hall–Kier alpha value is -3.65. The topological polar surface area (TPSA) is 110 Å². The predicted octanol–water partition coefficient (Wildman–Crippen LogP) is 3.41. The van der Waals surface area contributed by atoms with Crippen LogP contribution >= 0.6 is 0 Å². The minimum atomic E-state index is -3.72. The van der Waals surface area contributed by atoms with E-state index in [9.17, 15) is 23.1 Å². The van der Waals surface area contributed by atoms with E-state index < -0.39 is 33.2 Å². The molecular formula is C25H23NO6S. The summed E-state index contributed by atoms with van der Waals surface area (Å²) in [5.41, 5.74) is 2.59. The van der Waals surface area contributed by atoms with Crippen molar-refractivity contribution in [1.82, 2.24) is 0 Å². The number of hydrogen-bond acceptors (Lipinski definition) is 6. The van der Waals surface area contributed by atoms with E-state index in [0.29, 0.717) is 11.4 Å². The summed E-state index contributed by atoms with van der Waals surface area (Å²) in [6.07, 6.45) is 1.47. The number of sulfone groups is 1. The number of ketones is 1. The summed E-state index contributed by atoms with van der Waals surface area (Å²) in [6.45, 7) is 0. The highest BCUT2D eigenvalue weighted by molar-refractivity contribution is 7.91. The first kappa shape index (κ1) is 22.5. The van der Waals surface area contributed by atoms with Gasteiger partial charge in [-0.2, -0.15) is 0 Å². The maximum atomic E-state index is 12.7. The molecule has 0 aromatic heterocycles. The number of phenols is 1. The van der Waals surface area contributed by atoms with E-state index in [-0.39, 0.29) is 16.2 Å². The Labute approximate surface area is 192 Å². The van der Waals surface area contributed by atoms with Crippen LogP contribution in [-0.4, -0.2) is 38.1 Å². The van der Waals surface area contributed by atoms with Gasteiger partial charge in [-0.3, -0.25) is 9.59 Å². The first-order chi connectivity index (χ1) is 15.8. The van der Waals surface area contributed by atoms with E-state index in [2.05, 4.69) is 5.32 Å². The standard InChI is InChI=1S/C25H23NO6S/c1-32-22-14-17(10-13-21(22)27)7-6-16-8-11-18(12-9-16)26-25(29)20-15-33(30,31)23-5-3-2-4-19(23)24(20)28/h2-5,8-14,20,27H,6-7,15H2,1H3,(H,26,29). The molecule has 170 valence electrons. The molecule has 3 aromatic carbocycles. The minimum absolute atomic E-state index is 0.0188. The molecule has 1 amide bonds. The summed E-state index contributed by atoms with van der Waals surface area (Å²) in [7, 11) is -2.22. The van der Waals surface area contributed by atoms with E-state index in [1.165, 1.54) is 19.2 Å². The number of anilines is 1. The maximum Gasteiger partial charge on any atom is 0.236 e. The van der Waals surface area contributed by atoms with Gasteiger partial charge in [-0.25, -0.2) is 8.42 Å². The molecule has 1 heterocycles. The van der Waals surface area contributed by atoms with E-state index >= 15 is 0 Å². The van der Waals surface area contributed by atoms with Gasteiger partial charge in [0.15, 0.2) is 27.1 Å². The Kier molecular flexibility index (Phi) is 6.20. The molecule has 3 aromatic rings. The number of rotatable bonds is 6. The highest BCUT2D eigenvalue weighted by Gasteiger charge is 2.40. The number of ether oxygens (including phenoxy) is 1. The zero-order valence-corrected chi connectivity index (χ0v) is 18.8. The molecule has 8 heteroatoms. The van der Waals surface area contributed by atoms with Crippen LogP contribution in [-0.2, 0) is 27.5 Å². The fourth-order valence-corrected chi connectivity index (χ4v) is 5.57. The summed E-state index contributed by atoms with van der Waals surface area (Å²) in [4.78, 5) is 25.4. The number of aryl methyl sites for hydroxylation is 2. The van der Waals surface area contributed by atoms with Crippen LogP contribution in [0, 0.1) is 5.92 Å². The molecule has 2 N–H and O–H groups in total. The average Bonchev–Trinajstić information content (AvgIpc) is 2.82. The Morgan fingerprint density at radius 1 is 1.03 bits per heavy atom. The van der Waals surface area contributed by atoms with Crippen molar-refractivity contribution in [3.05, 3.63) is 83.4 Å². The zero-order valence-electron chi connectivity index (χ0n) is 17.9. The first-order valence-corrected chi connectivity index (χ1v) is 12.1. The van der Waals surface area contributed by atoms with Gasteiger partial charge >= 0.3 is 0 Å². The second kappa shape index (κ2) is 9.07. The number of nitrogens with one attached hydrogen (secondary N) is 1. The van der Waals surface area contributed by atoms with Crippen molar-refractivity contribution in [3.8, 4) is 11.5 Å². The monoisotopic (exact) mass is 465 g/mol. The Bertz CT molecular complexity index is 1310. The molecule has 0 saturated carbocycles. The molecule has 0 spiro atoms. The van der Waals surface area contributed by atoms with E-state index in [0.717, 1.165) is 24.0 Å². The van der Waals surface area contributed by atoms with Gasteiger partial charge in [-0.05, 0) is 54.3 Å². The van der Waals surface area contributed by atoms with Crippen LogP contribution in [0.4, 0.5) is 5.69 Å². The van der Waals surface area contributed by atoms with Crippen LogP contribution in [0.1, 0.15) is 21.5 Å². The predicted molar refractivity (Wildman–Crippen MR) is 123 cm³/mol. The molecule has 0 bridgehead atoms. The van der Waals surface area contributed by atoms with Crippen molar-refractivity contribution in [3.63, 3.8) is 0 Å². The quantitative estimate of drug-likeness (QED) is 0.540. The van der Waals surface area contributed by atoms with Crippen molar-refractivity contribution in [2.75, 3.05) is 18.2 Å². The van der Waals surface area contributed by atoms with Gasteiger partial charge in [0, 0.05) is 11.3 Å². The normalized spacial score (nSPS) is 16.6. The van der Waals surface area contributed by atoms with Crippen LogP contribution in [0.5, 0.6) is 11.5 Å². The fraction of sp³-hybridized carbons (Fsp3) is 0.200. The summed E-state index contributed by atoms with van der Waals surface area (Å²) >= 11 is 0. The van der Waals surface area contributed by atoms with Crippen LogP contribution in [0.2, 0.25) is 0 Å². The second-order valence-corrected chi connectivity index (χ2v) is 9.89. The highest BCUT2D eigenvalue weighted by Crippen LogP contribution is 2.29. The molecule has 4 rings (SSSR count). The zero-order chi connectivity index (χ0) is 23.6. The smallest absolute Gasteiger partial charge is 0.236 e. The number of amides is 1. The van der Waals surface area contributed by atoms with Crippen molar-refractivity contribution < 1.29 is 27.9 Å². The third-order valence-corrected chi connectivity index (χ3v) is 7.47. The lowest BCUT2D eigenvalue weighted by Crippen LogP contribution is -2.39. The van der Waals surface area contributed by atoms with Crippen LogP contribution in [0.3, 0.4) is 0 Å². The Morgan fingerprint density at radius 3 is 2.42 bits per heavy atom. The largest absolute Gasteiger partial charge is 0.504 e. The van der Waals surface area contributed by atoms with Gasteiger partial charge in [0.2, 0.25) is 5.91 Å². The van der Waals surface area contributed by atoms with Crippen molar-refractivity contribution >= 4 is 27.2 Å². The summed E-state index contributed by atoms with van der Waals surface area (Å²) in [5.74, 6) is -2.43. The number of phenolic OH excluding ortho intramolecular Hbond substituents is 1. The van der Waals surface area contributed by atoms with Gasteiger partial charge < -0.3 is 15.2 Å². The third kappa shape index (κ3) is 4.75. The summed E-state index contributed by atoms with van der Waals surface area (Å²) < 4.78 is 30.2. The summed E-state index contributed by atoms with van der Waals surface area (Å²) in [6, 6.07) is 18.4. The molecule has 0 aliphatic carbocycles. The molecule has 1 aliphatic heterocycles. The number of carbonyl (C=O) groups excluding carboxylic acids is 2. The molecule has 1 aliphatic rings.